The molecule has 1 aromatic rings. The third kappa shape index (κ3) is 3.27. The van der Waals surface area contributed by atoms with Crippen molar-refractivity contribution in [3.05, 3.63) is 22.7 Å². The lowest BCUT2D eigenvalue weighted by molar-refractivity contribution is 0.414. The Balaban J connectivity index is 2.14. The van der Waals surface area contributed by atoms with Crippen LogP contribution in [0.1, 0.15) is 31.7 Å². The van der Waals surface area contributed by atoms with E-state index in [9.17, 15) is 8.42 Å². The van der Waals surface area contributed by atoms with Gasteiger partial charge < -0.3 is 5.73 Å². The van der Waals surface area contributed by atoms with Crippen LogP contribution in [-0.4, -0.2) is 15.0 Å². The molecule has 1 fully saturated rings. The van der Waals surface area contributed by atoms with E-state index in [-0.39, 0.29) is 4.90 Å². The van der Waals surface area contributed by atoms with Gasteiger partial charge in [0.05, 0.1) is 15.6 Å². The summed E-state index contributed by atoms with van der Waals surface area (Å²) in [6, 6.07) is 2.97. The summed E-state index contributed by atoms with van der Waals surface area (Å²) in [5.74, 6) is 1.00. The Morgan fingerprint density at radius 3 is 2.65 bits per heavy atom. The smallest absolute Gasteiger partial charge is 0.240 e. The van der Waals surface area contributed by atoms with Gasteiger partial charge in [-0.2, -0.15) is 0 Å². The summed E-state index contributed by atoms with van der Waals surface area (Å²) in [6.07, 6.45) is 3.45. The molecule has 0 bridgehead atoms. The van der Waals surface area contributed by atoms with Gasteiger partial charge in [0.2, 0.25) is 10.0 Å². The highest BCUT2D eigenvalue weighted by Gasteiger charge is 2.25. The van der Waals surface area contributed by atoms with Crippen LogP contribution < -0.4 is 10.5 Å². The molecule has 0 aliphatic heterocycles. The number of rotatable bonds is 4. The van der Waals surface area contributed by atoms with E-state index in [1.54, 1.807) is 13.0 Å². The molecular formula is C14H21ClN2O2S. The molecule has 2 rings (SSSR count). The number of nitrogens with two attached hydrogens (primary N) is 1. The van der Waals surface area contributed by atoms with Crippen molar-refractivity contribution in [2.24, 2.45) is 11.8 Å². The van der Waals surface area contributed by atoms with Crippen molar-refractivity contribution in [3.8, 4) is 0 Å². The summed E-state index contributed by atoms with van der Waals surface area (Å²) >= 11 is 5.96. The minimum absolute atomic E-state index is 0.183. The quantitative estimate of drug-likeness (QED) is 0.839. The van der Waals surface area contributed by atoms with Crippen LogP contribution in [0, 0.1) is 18.8 Å². The van der Waals surface area contributed by atoms with Gasteiger partial charge in [0.25, 0.3) is 0 Å². The maximum Gasteiger partial charge on any atom is 0.240 e. The fourth-order valence-electron chi connectivity index (χ4n) is 2.74. The summed E-state index contributed by atoms with van der Waals surface area (Å²) in [6.45, 7) is 4.41. The average Bonchev–Trinajstić information content (AvgIpc) is 2.78. The minimum Gasteiger partial charge on any atom is -0.397 e. The van der Waals surface area contributed by atoms with Gasteiger partial charge in [-0.25, -0.2) is 13.1 Å². The molecule has 2 unspecified atom stereocenters. The predicted molar refractivity (Wildman–Crippen MR) is 82.3 cm³/mol. The van der Waals surface area contributed by atoms with Crippen LogP contribution in [0.2, 0.25) is 5.02 Å². The zero-order valence-corrected chi connectivity index (χ0v) is 13.4. The van der Waals surface area contributed by atoms with E-state index in [1.165, 1.54) is 18.9 Å². The molecule has 3 N–H and O–H groups in total. The molecule has 0 amide bonds. The molecule has 0 radical (unpaired) electrons. The Labute approximate surface area is 125 Å². The summed E-state index contributed by atoms with van der Waals surface area (Å²) in [5.41, 5.74) is 6.70. The van der Waals surface area contributed by atoms with E-state index in [0.717, 1.165) is 6.42 Å². The van der Waals surface area contributed by atoms with Gasteiger partial charge in [-0.3, -0.25) is 0 Å². The number of sulfonamides is 1. The molecule has 6 heteroatoms. The number of hydrogen-bond donors (Lipinski definition) is 2. The molecule has 0 heterocycles. The van der Waals surface area contributed by atoms with Crippen LogP contribution in [0.15, 0.2) is 17.0 Å². The highest BCUT2D eigenvalue weighted by atomic mass is 35.5. The number of anilines is 1. The first-order chi connectivity index (χ1) is 9.31. The zero-order chi connectivity index (χ0) is 14.9. The number of nitrogen functional groups attached to an aromatic ring is 1. The summed E-state index contributed by atoms with van der Waals surface area (Å²) in [5, 5.41) is 0.411. The predicted octanol–water partition coefficient (Wildman–Crippen LogP) is 2.95. The van der Waals surface area contributed by atoms with Crippen LogP contribution in [0.5, 0.6) is 0 Å². The molecule has 0 aromatic heterocycles. The Bertz CT molecular complexity index is 578. The van der Waals surface area contributed by atoms with Crippen LogP contribution in [0.4, 0.5) is 5.69 Å². The van der Waals surface area contributed by atoms with Crippen LogP contribution in [-0.2, 0) is 10.0 Å². The van der Waals surface area contributed by atoms with Gasteiger partial charge in [0, 0.05) is 6.54 Å². The standard InChI is InChI=1S/C14H21ClN2O2S/c1-9-4-3-5-11(9)8-17-20(18,19)12-6-10(2)14(15)13(16)7-12/h6-7,9,11,17H,3-5,8,16H2,1-2H3. The third-order valence-corrected chi connectivity index (χ3v) is 6.06. The molecule has 1 saturated carbocycles. The largest absolute Gasteiger partial charge is 0.397 e. The van der Waals surface area contributed by atoms with E-state index >= 15 is 0 Å². The Kier molecular flexibility index (Phi) is 4.62. The first-order valence-corrected chi connectivity index (χ1v) is 8.72. The van der Waals surface area contributed by atoms with E-state index < -0.39 is 10.0 Å². The van der Waals surface area contributed by atoms with Crippen LogP contribution >= 0.6 is 11.6 Å². The van der Waals surface area contributed by atoms with E-state index in [4.69, 9.17) is 17.3 Å². The third-order valence-electron chi connectivity index (χ3n) is 4.14. The second-order valence-electron chi connectivity index (χ2n) is 5.66. The van der Waals surface area contributed by atoms with Gasteiger partial charge in [0.1, 0.15) is 0 Å². The molecule has 1 aliphatic carbocycles. The van der Waals surface area contributed by atoms with E-state index in [1.807, 2.05) is 0 Å². The maximum atomic E-state index is 12.3. The molecule has 1 aliphatic rings. The fourth-order valence-corrected chi connectivity index (χ4v) is 4.07. The summed E-state index contributed by atoms with van der Waals surface area (Å²) in [4.78, 5) is 0.183. The first kappa shape index (κ1) is 15.6. The SMILES string of the molecule is Cc1cc(S(=O)(=O)NCC2CCCC2C)cc(N)c1Cl. The summed E-state index contributed by atoms with van der Waals surface area (Å²) < 4.78 is 27.3. The lowest BCUT2D eigenvalue weighted by Crippen LogP contribution is -2.30. The van der Waals surface area contributed by atoms with Crippen LogP contribution in [0.3, 0.4) is 0 Å². The van der Waals surface area contributed by atoms with E-state index in [2.05, 4.69) is 11.6 Å². The van der Waals surface area contributed by atoms with Crippen molar-refractivity contribution in [1.29, 1.82) is 0 Å². The lowest BCUT2D eigenvalue weighted by atomic mass is 9.99. The topological polar surface area (TPSA) is 72.2 Å². The number of aryl methyl sites for hydroxylation is 1. The van der Waals surface area contributed by atoms with Crippen molar-refractivity contribution in [2.45, 2.75) is 38.0 Å². The van der Waals surface area contributed by atoms with Gasteiger partial charge >= 0.3 is 0 Å². The number of hydrogen-bond acceptors (Lipinski definition) is 3. The van der Waals surface area contributed by atoms with E-state index in [0.29, 0.717) is 34.7 Å². The lowest BCUT2D eigenvalue weighted by Gasteiger charge is -2.16. The number of halogens is 1. The molecule has 112 valence electrons. The molecule has 0 saturated heterocycles. The van der Waals surface area contributed by atoms with Gasteiger partial charge in [0.15, 0.2) is 0 Å². The molecule has 20 heavy (non-hydrogen) atoms. The van der Waals surface area contributed by atoms with Crippen molar-refractivity contribution >= 4 is 27.3 Å². The highest BCUT2D eigenvalue weighted by molar-refractivity contribution is 7.89. The van der Waals surface area contributed by atoms with Crippen molar-refractivity contribution in [3.63, 3.8) is 0 Å². The van der Waals surface area contributed by atoms with Gasteiger partial charge in [-0.05, 0) is 42.9 Å². The Morgan fingerprint density at radius 2 is 2.10 bits per heavy atom. The second kappa shape index (κ2) is 5.92. The molecule has 0 spiro atoms. The maximum absolute atomic E-state index is 12.3. The number of benzene rings is 1. The Hall–Kier alpha value is -0.780. The fraction of sp³-hybridized carbons (Fsp3) is 0.571. The van der Waals surface area contributed by atoms with Crippen molar-refractivity contribution in [1.82, 2.24) is 4.72 Å². The van der Waals surface area contributed by atoms with Crippen molar-refractivity contribution < 1.29 is 8.42 Å². The van der Waals surface area contributed by atoms with Gasteiger partial charge in [-0.1, -0.05) is 31.4 Å². The summed E-state index contributed by atoms with van der Waals surface area (Å²) in [7, 11) is -3.52. The molecule has 4 nitrogen and oxygen atoms in total. The number of nitrogens with one attached hydrogen (secondary N) is 1. The van der Waals surface area contributed by atoms with Crippen molar-refractivity contribution in [2.75, 3.05) is 12.3 Å². The first-order valence-electron chi connectivity index (χ1n) is 6.86. The molecule has 1 aromatic carbocycles. The minimum atomic E-state index is -3.52. The van der Waals surface area contributed by atoms with Gasteiger partial charge in [-0.15, -0.1) is 0 Å². The highest BCUT2D eigenvalue weighted by Crippen LogP contribution is 2.31. The Morgan fingerprint density at radius 1 is 1.40 bits per heavy atom. The molecule has 2 atom stereocenters. The monoisotopic (exact) mass is 316 g/mol. The second-order valence-corrected chi connectivity index (χ2v) is 7.81. The average molecular weight is 317 g/mol. The molecular weight excluding hydrogens is 296 g/mol. The van der Waals surface area contributed by atoms with Crippen LogP contribution in [0.25, 0.3) is 0 Å². The zero-order valence-electron chi connectivity index (χ0n) is 11.8. The normalized spacial score (nSPS) is 23.1.